The van der Waals surface area contributed by atoms with Crippen LogP contribution in [0.5, 0.6) is 0 Å². The average Bonchev–Trinajstić information content (AvgIpc) is 2.20. The lowest BCUT2D eigenvalue weighted by atomic mass is 10.1. The predicted molar refractivity (Wildman–Crippen MR) is 67.3 cm³/mol. The van der Waals surface area contributed by atoms with Crippen molar-refractivity contribution >= 4 is 21.6 Å². The smallest absolute Gasteiger partial charge is 0.150 e. The molecule has 0 radical (unpaired) electrons. The lowest BCUT2D eigenvalue weighted by Crippen LogP contribution is -2.38. The molecule has 15 heavy (non-hydrogen) atoms. The number of hydrogen-bond donors (Lipinski definition) is 1. The average molecular weight is 251 g/mol. The van der Waals surface area contributed by atoms with E-state index in [1.54, 1.807) is 0 Å². The summed E-state index contributed by atoms with van der Waals surface area (Å²) < 4.78 is 22.4. The Balaban J connectivity index is 2.04. The van der Waals surface area contributed by atoms with E-state index in [9.17, 15) is 8.42 Å². The van der Waals surface area contributed by atoms with Crippen molar-refractivity contribution in [3.05, 3.63) is 0 Å². The second-order valence-corrected chi connectivity index (χ2v) is 7.63. The summed E-state index contributed by atoms with van der Waals surface area (Å²) in [5.41, 5.74) is 0. The van der Waals surface area contributed by atoms with Gasteiger partial charge in [0.1, 0.15) is 9.84 Å². The molecule has 0 amide bonds. The highest BCUT2D eigenvalue weighted by atomic mass is 32.2. The molecule has 1 fully saturated rings. The molecule has 5 heteroatoms. The van der Waals surface area contributed by atoms with Gasteiger partial charge in [-0.05, 0) is 37.3 Å². The van der Waals surface area contributed by atoms with E-state index >= 15 is 0 Å². The van der Waals surface area contributed by atoms with Crippen LogP contribution in [0.4, 0.5) is 0 Å². The van der Waals surface area contributed by atoms with Crippen LogP contribution in [-0.4, -0.2) is 44.0 Å². The van der Waals surface area contributed by atoms with Gasteiger partial charge in [0.2, 0.25) is 0 Å². The van der Waals surface area contributed by atoms with Crippen molar-refractivity contribution in [3.8, 4) is 0 Å². The Bertz CT molecular complexity index is 251. The van der Waals surface area contributed by atoms with Gasteiger partial charge in [0, 0.05) is 6.04 Å². The molecular formula is C10H21NO2S2. The van der Waals surface area contributed by atoms with Gasteiger partial charge in [-0.2, -0.15) is 11.8 Å². The Kier molecular flexibility index (Phi) is 6.00. The van der Waals surface area contributed by atoms with Crippen molar-refractivity contribution in [3.63, 3.8) is 0 Å². The van der Waals surface area contributed by atoms with Crippen molar-refractivity contribution in [2.45, 2.75) is 32.2 Å². The van der Waals surface area contributed by atoms with Gasteiger partial charge in [0.25, 0.3) is 0 Å². The Morgan fingerprint density at radius 3 is 2.60 bits per heavy atom. The largest absolute Gasteiger partial charge is 0.314 e. The summed E-state index contributed by atoms with van der Waals surface area (Å²) in [7, 11) is -2.70. The standard InChI is InChI=1S/C10H21NO2S2/c1-2-14-7-3-6-11-10-4-8-15(12,13)9-5-10/h10-11H,2-9H2,1H3. The summed E-state index contributed by atoms with van der Waals surface area (Å²) in [6.07, 6.45) is 2.77. The first-order chi connectivity index (χ1) is 7.14. The van der Waals surface area contributed by atoms with Gasteiger partial charge in [-0.1, -0.05) is 6.92 Å². The predicted octanol–water partition coefficient (Wildman–Crippen LogP) is 1.30. The molecular weight excluding hydrogens is 230 g/mol. The van der Waals surface area contributed by atoms with Gasteiger partial charge < -0.3 is 5.32 Å². The molecule has 0 aliphatic carbocycles. The minimum Gasteiger partial charge on any atom is -0.314 e. The molecule has 0 bridgehead atoms. The summed E-state index contributed by atoms with van der Waals surface area (Å²) in [4.78, 5) is 0. The number of thioether (sulfide) groups is 1. The molecule has 0 aromatic rings. The first kappa shape index (κ1) is 13.3. The molecule has 0 spiro atoms. The minimum atomic E-state index is -2.70. The van der Waals surface area contributed by atoms with E-state index in [4.69, 9.17) is 0 Å². The fraction of sp³-hybridized carbons (Fsp3) is 1.00. The van der Waals surface area contributed by atoms with E-state index in [0.717, 1.165) is 19.4 Å². The second kappa shape index (κ2) is 6.76. The third-order valence-electron chi connectivity index (χ3n) is 2.66. The zero-order valence-electron chi connectivity index (χ0n) is 9.37. The number of nitrogens with one attached hydrogen (secondary N) is 1. The van der Waals surface area contributed by atoms with E-state index in [1.807, 2.05) is 11.8 Å². The van der Waals surface area contributed by atoms with Crippen LogP contribution in [0.2, 0.25) is 0 Å². The number of hydrogen-bond acceptors (Lipinski definition) is 4. The van der Waals surface area contributed by atoms with Crippen LogP contribution in [-0.2, 0) is 9.84 Å². The zero-order valence-corrected chi connectivity index (χ0v) is 11.0. The van der Waals surface area contributed by atoms with Crippen LogP contribution < -0.4 is 5.32 Å². The van der Waals surface area contributed by atoms with Crippen molar-refractivity contribution in [2.75, 3.05) is 29.6 Å². The summed E-state index contributed by atoms with van der Waals surface area (Å²) in [6.45, 7) is 3.20. The fourth-order valence-corrected chi connectivity index (χ4v) is 3.85. The van der Waals surface area contributed by atoms with Crippen molar-refractivity contribution < 1.29 is 8.42 Å². The molecule has 1 heterocycles. The molecule has 0 aromatic heterocycles. The molecule has 0 saturated carbocycles. The lowest BCUT2D eigenvalue weighted by Gasteiger charge is -2.22. The SMILES string of the molecule is CCSCCCNC1CCS(=O)(=O)CC1. The Morgan fingerprint density at radius 2 is 2.00 bits per heavy atom. The molecule has 0 aromatic carbocycles. The van der Waals surface area contributed by atoms with E-state index in [2.05, 4.69) is 12.2 Å². The Morgan fingerprint density at radius 1 is 1.33 bits per heavy atom. The molecule has 1 saturated heterocycles. The maximum Gasteiger partial charge on any atom is 0.150 e. The first-order valence-corrected chi connectivity index (χ1v) is 8.63. The summed E-state index contributed by atoms with van der Waals surface area (Å²) in [6, 6.07) is 0.431. The van der Waals surface area contributed by atoms with Crippen LogP contribution in [0.25, 0.3) is 0 Å². The molecule has 1 aliphatic rings. The van der Waals surface area contributed by atoms with Crippen LogP contribution in [0, 0.1) is 0 Å². The highest BCUT2D eigenvalue weighted by Crippen LogP contribution is 2.12. The van der Waals surface area contributed by atoms with Gasteiger partial charge in [-0.25, -0.2) is 8.42 Å². The van der Waals surface area contributed by atoms with Crippen molar-refractivity contribution in [1.29, 1.82) is 0 Å². The summed E-state index contributed by atoms with van der Waals surface area (Å²) in [5.74, 6) is 3.12. The van der Waals surface area contributed by atoms with Gasteiger partial charge in [-0.3, -0.25) is 0 Å². The first-order valence-electron chi connectivity index (χ1n) is 5.65. The van der Waals surface area contributed by atoms with Crippen molar-refractivity contribution in [1.82, 2.24) is 5.32 Å². The zero-order chi connectivity index (χ0) is 11.1. The maximum atomic E-state index is 11.2. The van der Waals surface area contributed by atoms with E-state index in [1.165, 1.54) is 17.9 Å². The molecule has 0 atom stereocenters. The van der Waals surface area contributed by atoms with Gasteiger partial charge >= 0.3 is 0 Å². The lowest BCUT2D eigenvalue weighted by molar-refractivity contribution is 0.465. The quantitative estimate of drug-likeness (QED) is 0.723. The van der Waals surface area contributed by atoms with Crippen LogP contribution in [0.1, 0.15) is 26.2 Å². The fourth-order valence-electron chi connectivity index (χ4n) is 1.72. The van der Waals surface area contributed by atoms with Gasteiger partial charge in [0.05, 0.1) is 11.5 Å². The molecule has 1 aliphatic heterocycles. The van der Waals surface area contributed by atoms with Gasteiger partial charge in [-0.15, -0.1) is 0 Å². The van der Waals surface area contributed by atoms with E-state index < -0.39 is 9.84 Å². The third-order valence-corrected chi connectivity index (χ3v) is 5.36. The van der Waals surface area contributed by atoms with Crippen LogP contribution in [0.3, 0.4) is 0 Å². The maximum absolute atomic E-state index is 11.2. The topological polar surface area (TPSA) is 46.2 Å². The summed E-state index contributed by atoms with van der Waals surface area (Å²) >= 11 is 1.96. The normalized spacial score (nSPS) is 21.7. The molecule has 0 unspecified atom stereocenters. The van der Waals surface area contributed by atoms with Crippen molar-refractivity contribution in [2.24, 2.45) is 0 Å². The van der Waals surface area contributed by atoms with Crippen LogP contribution >= 0.6 is 11.8 Å². The van der Waals surface area contributed by atoms with Crippen LogP contribution in [0.15, 0.2) is 0 Å². The molecule has 3 nitrogen and oxygen atoms in total. The molecule has 1 rings (SSSR count). The van der Waals surface area contributed by atoms with Gasteiger partial charge in [0.15, 0.2) is 0 Å². The van der Waals surface area contributed by atoms with E-state index in [-0.39, 0.29) is 0 Å². The third kappa shape index (κ3) is 5.78. The number of rotatable bonds is 6. The molecule has 1 N–H and O–H groups in total. The summed E-state index contributed by atoms with van der Waals surface area (Å²) in [5, 5.41) is 3.44. The second-order valence-electron chi connectivity index (χ2n) is 3.93. The Hall–Kier alpha value is 0.260. The monoisotopic (exact) mass is 251 g/mol. The highest BCUT2D eigenvalue weighted by Gasteiger charge is 2.22. The highest BCUT2D eigenvalue weighted by molar-refractivity contribution is 7.99. The van der Waals surface area contributed by atoms with E-state index in [0.29, 0.717) is 17.5 Å². The Labute approximate surface area is 97.3 Å². The molecule has 90 valence electrons. The number of sulfone groups is 1. The minimum absolute atomic E-state index is 0.369.